The maximum atomic E-state index is 11.7. The van der Waals surface area contributed by atoms with E-state index in [1.807, 2.05) is 0 Å². The number of amides is 1. The van der Waals surface area contributed by atoms with Crippen molar-refractivity contribution in [1.82, 2.24) is 5.43 Å². The van der Waals surface area contributed by atoms with E-state index >= 15 is 0 Å². The van der Waals surface area contributed by atoms with Gasteiger partial charge in [-0.25, -0.2) is 5.43 Å². The fourth-order valence-electron chi connectivity index (χ4n) is 1.80. The smallest absolute Gasteiger partial charge is 0.307 e. The maximum absolute atomic E-state index is 11.7. The van der Waals surface area contributed by atoms with Gasteiger partial charge in [-0.2, -0.15) is 5.10 Å². The molecule has 0 bridgehead atoms. The van der Waals surface area contributed by atoms with Crippen molar-refractivity contribution in [3.8, 4) is 11.5 Å². The lowest BCUT2D eigenvalue weighted by Gasteiger charge is -2.01. The zero-order chi connectivity index (χ0) is 14.8. The van der Waals surface area contributed by atoms with Crippen molar-refractivity contribution in [2.24, 2.45) is 5.10 Å². The number of fused-ring (bicyclic) bond motifs is 1. The van der Waals surface area contributed by atoms with Crippen molar-refractivity contribution < 1.29 is 18.7 Å². The minimum atomic E-state index is -0.406. The van der Waals surface area contributed by atoms with Crippen LogP contribution in [0.5, 0.6) is 11.5 Å². The number of nitrogens with one attached hydrogen (secondary N) is 1. The van der Waals surface area contributed by atoms with Crippen LogP contribution in [0.25, 0.3) is 0 Å². The molecule has 6 nitrogen and oxygen atoms in total. The second-order valence-electron chi connectivity index (χ2n) is 4.34. The van der Waals surface area contributed by atoms with E-state index in [0.717, 1.165) is 10.0 Å². The molecule has 1 amide bonds. The fourth-order valence-corrected chi connectivity index (χ4v) is 2.23. The van der Waals surface area contributed by atoms with Gasteiger partial charge < -0.3 is 13.9 Å². The Labute approximate surface area is 128 Å². The van der Waals surface area contributed by atoms with E-state index in [0.29, 0.717) is 17.3 Å². The highest BCUT2D eigenvalue weighted by atomic mass is 79.9. The Morgan fingerprint density at radius 3 is 2.81 bits per heavy atom. The van der Waals surface area contributed by atoms with Crippen molar-refractivity contribution in [2.75, 3.05) is 6.79 Å². The SMILES string of the molecule is Cc1ccc(C(=O)N/N=C/c2cc3c(cc2Br)OCO3)o1. The summed E-state index contributed by atoms with van der Waals surface area (Å²) in [5, 5.41) is 3.90. The molecule has 2 heterocycles. The zero-order valence-electron chi connectivity index (χ0n) is 11.1. The predicted molar refractivity (Wildman–Crippen MR) is 78.8 cm³/mol. The second kappa shape index (κ2) is 5.61. The molecule has 0 radical (unpaired) electrons. The molecule has 1 aromatic heterocycles. The summed E-state index contributed by atoms with van der Waals surface area (Å²) in [6, 6.07) is 6.88. The molecule has 0 saturated heterocycles. The Morgan fingerprint density at radius 1 is 1.33 bits per heavy atom. The number of benzene rings is 1. The van der Waals surface area contributed by atoms with Gasteiger partial charge in [0.2, 0.25) is 6.79 Å². The number of hydrogen-bond donors (Lipinski definition) is 1. The van der Waals surface area contributed by atoms with Crippen LogP contribution in [-0.4, -0.2) is 18.9 Å². The van der Waals surface area contributed by atoms with Crippen LogP contribution in [0.1, 0.15) is 21.9 Å². The average Bonchev–Trinajstić information content (AvgIpc) is 3.07. The summed E-state index contributed by atoms with van der Waals surface area (Å²) in [4.78, 5) is 11.7. The third kappa shape index (κ3) is 2.92. The number of carbonyl (C=O) groups is 1. The number of rotatable bonds is 3. The first-order chi connectivity index (χ1) is 10.1. The van der Waals surface area contributed by atoms with E-state index in [1.54, 1.807) is 31.2 Å². The van der Waals surface area contributed by atoms with Gasteiger partial charge in [0.05, 0.1) is 6.21 Å². The van der Waals surface area contributed by atoms with E-state index in [1.165, 1.54) is 6.21 Å². The van der Waals surface area contributed by atoms with E-state index in [2.05, 4.69) is 26.5 Å². The van der Waals surface area contributed by atoms with Crippen LogP contribution in [0.2, 0.25) is 0 Å². The molecule has 0 saturated carbocycles. The maximum Gasteiger partial charge on any atom is 0.307 e. The van der Waals surface area contributed by atoms with Gasteiger partial charge in [-0.05, 0) is 47.1 Å². The number of hydrazone groups is 1. The molecular formula is C14H11BrN2O4. The molecule has 1 aliphatic rings. The predicted octanol–water partition coefficient (Wildman–Crippen LogP) is 2.84. The zero-order valence-corrected chi connectivity index (χ0v) is 12.6. The standard InChI is InChI=1S/C14H11BrN2O4/c1-8-2-3-11(21-8)14(18)17-16-6-9-4-12-13(5-10(9)15)20-7-19-12/h2-6H,7H2,1H3,(H,17,18)/b16-6+. The van der Waals surface area contributed by atoms with E-state index in [9.17, 15) is 4.79 Å². The Bertz CT molecular complexity index is 724. The third-order valence-electron chi connectivity index (χ3n) is 2.83. The van der Waals surface area contributed by atoms with Gasteiger partial charge in [-0.1, -0.05) is 0 Å². The van der Waals surface area contributed by atoms with Crippen molar-refractivity contribution >= 4 is 28.1 Å². The van der Waals surface area contributed by atoms with Crippen molar-refractivity contribution in [3.63, 3.8) is 0 Å². The minimum Gasteiger partial charge on any atom is -0.456 e. The minimum absolute atomic E-state index is 0.205. The summed E-state index contributed by atoms with van der Waals surface area (Å²) in [7, 11) is 0. The first-order valence-corrected chi connectivity index (χ1v) is 6.92. The molecule has 2 aromatic rings. The molecule has 7 heteroatoms. The molecule has 1 aliphatic heterocycles. The first-order valence-electron chi connectivity index (χ1n) is 6.12. The van der Waals surface area contributed by atoms with E-state index in [4.69, 9.17) is 13.9 Å². The summed E-state index contributed by atoms with van der Waals surface area (Å²) in [5.41, 5.74) is 3.16. The lowest BCUT2D eigenvalue weighted by molar-refractivity contribution is 0.0926. The van der Waals surface area contributed by atoms with Crippen molar-refractivity contribution in [1.29, 1.82) is 0 Å². The van der Waals surface area contributed by atoms with Gasteiger partial charge in [0, 0.05) is 10.0 Å². The van der Waals surface area contributed by atoms with Crippen molar-refractivity contribution in [3.05, 3.63) is 45.8 Å². The Hall–Kier alpha value is -2.28. The molecule has 21 heavy (non-hydrogen) atoms. The summed E-state index contributed by atoms with van der Waals surface area (Å²) in [6.07, 6.45) is 1.51. The Morgan fingerprint density at radius 2 is 2.10 bits per heavy atom. The first kappa shape index (κ1) is 13.7. The Kier molecular flexibility index (Phi) is 3.66. The summed E-state index contributed by atoms with van der Waals surface area (Å²) < 4.78 is 16.5. The average molecular weight is 351 g/mol. The lowest BCUT2D eigenvalue weighted by atomic mass is 10.2. The number of hydrogen-bond acceptors (Lipinski definition) is 5. The number of carbonyl (C=O) groups excluding carboxylic acids is 1. The van der Waals surface area contributed by atoms with Crippen LogP contribution in [0.3, 0.4) is 0 Å². The summed E-state index contributed by atoms with van der Waals surface area (Å²) >= 11 is 3.41. The van der Waals surface area contributed by atoms with Crippen LogP contribution in [0.15, 0.2) is 38.3 Å². The molecule has 1 aromatic carbocycles. The van der Waals surface area contributed by atoms with Crippen LogP contribution in [0.4, 0.5) is 0 Å². The molecule has 0 spiro atoms. The summed E-state index contributed by atoms with van der Waals surface area (Å²) in [6.45, 7) is 1.97. The lowest BCUT2D eigenvalue weighted by Crippen LogP contribution is -2.16. The fraction of sp³-hybridized carbons (Fsp3) is 0.143. The molecule has 0 atom stereocenters. The molecule has 3 rings (SSSR count). The van der Waals surface area contributed by atoms with Gasteiger partial charge in [-0.3, -0.25) is 4.79 Å². The number of aryl methyl sites for hydroxylation is 1. The number of furan rings is 1. The van der Waals surface area contributed by atoms with E-state index in [-0.39, 0.29) is 12.6 Å². The van der Waals surface area contributed by atoms with Crippen molar-refractivity contribution in [2.45, 2.75) is 6.92 Å². The third-order valence-corrected chi connectivity index (χ3v) is 3.51. The van der Waals surface area contributed by atoms with Crippen LogP contribution in [-0.2, 0) is 0 Å². The number of nitrogens with zero attached hydrogens (tertiary/aromatic N) is 1. The van der Waals surface area contributed by atoms with E-state index < -0.39 is 5.91 Å². The topological polar surface area (TPSA) is 73.1 Å². The molecule has 0 aliphatic carbocycles. The van der Waals surface area contributed by atoms with Gasteiger partial charge >= 0.3 is 5.91 Å². The van der Waals surface area contributed by atoms with Gasteiger partial charge in [0.15, 0.2) is 17.3 Å². The molecular weight excluding hydrogens is 340 g/mol. The molecule has 0 unspecified atom stereocenters. The van der Waals surface area contributed by atoms with Crippen LogP contribution < -0.4 is 14.9 Å². The van der Waals surface area contributed by atoms with Gasteiger partial charge in [0.1, 0.15) is 5.76 Å². The highest BCUT2D eigenvalue weighted by molar-refractivity contribution is 9.10. The highest BCUT2D eigenvalue weighted by Gasteiger charge is 2.15. The second-order valence-corrected chi connectivity index (χ2v) is 5.19. The van der Waals surface area contributed by atoms with Gasteiger partial charge in [0.25, 0.3) is 0 Å². The Balaban J connectivity index is 1.70. The van der Waals surface area contributed by atoms with Gasteiger partial charge in [-0.15, -0.1) is 0 Å². The molecule has 0 fully saturated rings. The van der Waals surface area contributed by atoms with Crippen LogP contribution >= 0.6 is 15.9 Å². The number of ether oxygens (including phenoxy) is 2. The largest absolute Gasteiger partial charge is 0.456 e. The summed E-state index contributed by atoms with van der Waals surface area (Å²) in [5.74, 6) is 1.80. The molecule has 1 N–H and O–H groups in total. The highest BCUT2D eigenvalue weighted by Crippen LogP contribution is 2.36. The van der Waals surface area contributed by atoms with Crippen LogP contribution in [0, 0.1) is 6.92 Å². The quantitative estimate of drug-likeness (QED) is 0.682. The number of halogens is 1. The monoisotopic (exact) mass is 350 g/mol. The molecule has 108 valence electrons. The normalized spacial score (nSPS) is 12.9.